The number of nitrogens with one attached hydrogen (secondary N) is 1. The molecule has 7 heteroatoms. The summed E-state index contributed by atoms with van der Waals surface area (Å²) in [4.78, 5) is 11.0. The third-order valence-electron chi connectivity index (χ3n) is 3.98. The van der Waals surface area contributed by atoms with Gasteiger partial charge in [-0.3, -0.25) is 10.1 Å². The minimum atomic E-state index is -0.358. The van der Waals surface area contributed by atoms with E-state index in [2.05, 4.69) is 10.4 Å². The summed E-state index contributed by atoms with van der Waals surface area (Å²) < 4.78 is 1.55. The van der Waals surface area contributed by atoms with Crippen molar-refractivity contribution in [2.45, 2.75) is 45.1 Å². The van der Waals surface area contributed by atoms with E-state index in [0.29, 0.717) is 17.9 Å². The van der Waals surface area contributed by atoms with Gasteiger partial charge in [0.2, 0.25) is 5.82 Å². The van der Waals surface area contributed by atoms with E-state index in [9.17, 15) is 15.2 Å². The second kappa shape index (κ2) is 6.21. The molecule has 1 fully saturated rings. The first-order valence-corrected chi connectivity index (χ1v) is 7.16. The molecule has 2 atom stereocenters. The summed E-state index contributed by atoms with van der Waals surface area (Å²) in [6.07, 6.45) is 4.34. The molecule has 1 aliphatic rings. The highest BCUT2D eigenvalue weighted by atomic mass is 16.6. The van der Waals surface area contributed by atoms with Gasteiger partial charge in [-0.25, -0.2) is 4.68 Å². The number of hydrogen-bond acceptors (Lipinski definition) is 5. The quantitative estimate of drug-likeness (QED) is 0.613. The zero-order chi connectivity index (χ0) is 14.7. The van der Waals surface area contributed by atoms with E-state index < -0.39 is 0 Å². The van der Waals surface area contributed by atoms with Crippen LogP contribution in [0.1, 0.15) is 38.3 Å². The Morgan fingerprint density at radius 1 is 1.55 bits per heavy atom. The maximum Gasteiger partial charge on any atom is 0.333 e. The fraction of sp³-hybridized carbons (Fsp3) is 0.769. The highest BCUT2D eigenvalue weighted by Crippen LogP contribution is 2.34. The van der Waals surface area contributed by atoms with Gasteiger partial charge in [0.25, 0.3) is 0 Å². The first kappa shape index (κ1) is 14.8. The molecule has 20 heavy (non-hydrogen) atoms. The van der Waals surface area contributed by atoms with Gasteiger partial charge in [0, 0.05) is 25.6 Å². The van der Waals surface area contributed by atoms with Crippen molar-refractivity contribution in [1.82, 2.24) is 9.78 Å². The molecular weight excluding hydrogens is 260 g/mol. The third kappa shape index (κ3) is 2.77. The van der Waals surface area contributed by atoms with E-state index in [1.54, 1.807) is 11.7 Å². The van der Waals surface area contributed by atoms with E-state index in [1.807, 2.05) is 6.92 Å². The first-order valence-electron chi connectivity index (χ1n) is 7.16. The molecule has 7 nitrogen and oxygen atoms in total. The van der Waals surface area contributed by atoms with Gasteiger partial charge < -0.3 is 10.4 Å². The molecule has 112 valence electrons. The monoisotopic (exact) mass is 282 g/mol. The van der Waals surface area contributed by atoms with Crippen molar-refractivity contribution < 1.29 is 10.0 Å². The van der Waals surface area contributed by atoms with E-state index in [1.165, 1.54) is 0 Å². The average molecular weight is 282 g/mol. The molecule has 1 heterocycles. The van der Waals surface area contributed by atoms with Crippen LogP contribution in [0.4, 0.5) is 11.5 Å². The zero-order valence-electron chi connectivity index (χ0n) is 12.0. The summed E-state index contributed by atoms with van der Waals surface area (Å²) in [6.45, 7) is 2.09. The molecule has 1 aliphatic carbocycles. The van der Waals surface area contributed by atoms with E-state index >= 15 is 0 Å². The lowest BCUT2D eigenvalue weighted by atomic mass is 10.1. The van der Waals surface area contributed by atoms with Crippen molar-refractivity contribution in [1.29, 1.82) is 0 Å². The number of aliphatic hydroxyl groups excluding tert-OH is 1. The highest BCUT2D eigenvalue weighted by Gasteiger charge is 2.32. The normalized spacial score (nSPS) is 22.1. The van der Waals surface area contributed by atoms with Crippen LogP contribution in [0, 0.1) is 16.0 Å². The molecule has 2 N–H and O–H groups in total. The Labute approximate surface area is 118 Å². The smallest absolute Gasteiger partial charge is 0.333 e. The number of rotatable bonds is 6. The molecule has 1 aromatic heterocycles. The molecule has 0 amide bonds. The van der Waals surface area contributed by atoms with Crippen LogP contribution in [0.25, 0.3) is 0 Å². The van der Waals surface area contributed by atoms with Gasteiger partial charge in [-0.15, -0.1) is 0 Å². The average Bonchev–Trinajstić information content (AvgIpc) is 2.96. The number of hydrogen-bond donors (Lipinski definition) is 2. The van der Waals surface area contributed by atoms with Crippen molar-refractivity contribution >= 4 is 11.5 Å². The summed E-state index contributed by atoms with van der Waals surface area (Å²) in [7, 11) is 1.72. The van der Waals surface area contributed by atoms with E-state index in [-0.39, 0.29) is 29.2 Å². The van der Waals surface area contributed by atoms with Gasteiger partial charge in [0.1, 0.15) is 5.69 Å². The predicted molar refractivity (Wildman–Crippen MR) is 75.7 cm³/mol. The van der Waals surface area contributed by atoms with Crippen LogP contribution in [0.3, 0.4) is 0 Å². The van der Waals surface area contributed by atoms with Crippen LogP contribution in [0.5, 0.6) is 0 Å². The van der Waals surface area contributed by atoms with Crippen LogP contribution in [0.15, 0.2) is 0 Å². The lowest BCUT2D eigenvalue weighted by Gasteiger charge is -2.19. The minimum absolute atomic E-state index is 0.0814. The summed E-state index contributed by atoms with van der Waals surface area (Å²) in [5.41, 5.74) is 0.610. The zero-order valence-corrected chi connectivity index (χ0v) is 12.0. The maximum absolute atomic E-state index is 11.3. The van der Waals surface area contributed by atoms with Gasteiger partial charge in [0.15, 0.2) is 0 Å². The largest absolute Gasteiger partial charge is 0.396 e. The summed E-state index contributed by atoms with van der Waals surface area (Å²) in [6, 6.07) is 0.0866. The molecule has 0 spiro atoms. The predicted octanol–water partition coefficient (Wildman–Crippen LogP) is 1.85. The van der Waals surface area contributed by atoms with Crippen LogP contribution >= 0.6 is 0 Å². The maximum atomic E-state index is 11.3. The van der Waals surface area contributed by atoms with Crippen LogP contribution in [-0.4, -0.2) is 32.5 Å². The fourth-order valence-electron chi connectivity index (χ4n) is 2.95. The lowest BCUT2D eigenvalue weighted by Crippen LogP contribution is -2.27. The fourth-order valence-corrected chi connectivity index (χ4v) is 2.95. The second-order valence-electron chi connectivity index (χ2n) is 5.40. The van der Waals surface area contributed by atoms with Crippen molar-refractivity contribution in [3.05, 3.63) is 15.8 Å². The molecule has 1 saturated carbocycles. The molecule has 2 rings (SSSR count). The Kier molecular flexibility index (Phi) is 4.59. The third-order valence-corrected chi connectivity index (χ3v) is 3.98. The lowest BCUT2D eigenvalue weighted by molar-refractivity contribution is -0.384. The Balaban J connectivity index is 2.28. The van der Waals surface area contributed by atoms with Gasteiger partial charge >= 0.3 is 5.69 Å². The van der Waals surface area contributed by atoms with Crippen molar-refractivity contribution in [2.75, 3.05) is 11.9 Å². The standard InChI is InChI=1S/C13H22N4O3/c1-3-5-11-12(17(19)20)13(16(2)15-11)14-10-7-4-6-9(10)8-18/h9-10,14,18H,3-8H2,1-2H3. The van der Waals surface area contributed by atoms with Gasteiger partial charge in [-0.1, -0.05) is 19.8 Å². The topological polar surface area (TPSA) is 93.2 Å². The summed E-state index contributed by atoms with van der Waals surface area (Å²) >= 11 is 0. The SMILES string of the molecule is CCCc1nn(C)c(NC2CCCC2CO)c1[N+](=O)[O-]. The van der Waals surface area contributed by atoms with Crippen LogP contribution < -0.4 is 5.32 Å². The molecular formula is C13H22N4O3. The number of aromatic nitrogens is 2. The molecule has 0 aliphatic heterocycles. The number of nitro groups is 1. The summed E-state index contributed by atoms with van der Waals surface area (Å²) in [5, 5.41) is 28.2. The number of aliphatic hydroxyl groups is 1. The number of aryl methyl sites for hydroxylation is 2. The van der Waals surface area contributed by atoms with Crippen molar-refractivity contribution in [2.24, 2.45) is 13.0 Å². The van der Waals surface area contributed by atoms with E-state index in [0.717, 1.165) is 25.7 Å². The number of anilines is 1. The summed E-state index contributed by atoms with van der Waals surface area (Å²) in [5.74, 6) is 0.628. The Morgan fingerprint density at radius 3 is 2.90 bits per heavy atom. The van der Waals surface area contributed by atoms with Crippen LogP contribution in [-0.2, 0) is 13.5 Å². The molecule has 0 saturated heterocycles. The Bertz CT molecular complexity index is 486. The Morgan fingerprint density at radius 2 is 2.30 bits per heavy atom. The molecule has 0 radical (unpaired) electrons. The van der Waals surface area contributed by atoms with Crippen molar-refractivity contribution in [3.8, 4) is 0 Å². The van der Waals surface area contributed by atoms with Gasteiger partial charge in [-0.05, 0) is 19.3 Å². The van der Waals surface area contributed by atoms with Crippen molar-refractivity contribution in [3.63, 3.8) is 0 Å². The molecule has 0 bridgehead atoms. The highest BCUT2D eigenvalue weighted by molar-refractivity contribution is 5.60. The Hall–Kier alpha value is -1.63. The van der Waals surface area contributed by atoms with E-state index in [4.69, 9.17) is 0 Å². The van der Waals surface area contributed by atoms with Gasteiger partial charge in [0.05, 0.1) is 4.92 Å². The first-order chi connectivity index (χ1) is 9.58. The minimum Gasteiger partial charge on any atom is -0.396 e. The molecule has 1 aromatic rings. The van der Waals surface area contributed by atoms with Gasteiger partial charge in [-0.2, -0.15) is 5.10 Å². The molecule has 2 unspecified atom stereocenters. The van der Waals surface area contributed by atoms with Crippen LogP contribution in [0.2, 0.25) is 0 Å². The second-order valence-corrected chi connectivity index (χ2v) is 5.40. The number of nitrogens with zero attached hydrogens (tertiary/aromatic N) is 3. The molecule has 0 aromatic carbocycles.